The van der Waals surface area contributed by atoms with E-state index in [2.05, 4.69) is 41.5 Å². The molecule has 5 aromatic rings. The van der Waals surface area contributed by atoms with Crippen LogP contribution in [0.5, 0.6) is 0 Å². The minimum absolute atomic E-state index is 0.00110. The van der Waals surface area contributed by atoms with Crippen molar-refractivity contribution >= 4 is 46.6 Å². The van der Waals surface area contributed by atoms with Gasteiger partial charge in [0.2, 0.25) is 5.95 Å². The molecule has 0 aliphatic heterocycles. The van der Waals surface area contributed by atoms with E-state index in [1.807, 2.05) is 56.3 Å². The number of nitrogens with one attached hydrogen (secondary N) is 1. The summed E-state index contributed by atoms with van der Waals surface area (Å²) in [6.45, 7) is 15.0. The fraction of sp³-hybridized carbons (Fsp3) is 0.377. The molecule has 15 nitrogen and oxygen atoms in total. The third-order valence-electron chi connectivity index (χ3n) is 11.0. The predicted molar refractivity (Wildman–Crippen MR) is 267 cm³/mol. The van der Waals surface area contributed by atoms with Crippen LogP contribution in [0.2, 0.25) is 0 Å². The van der Waals surface area contributed by atoms with Gasteiger partial charge in [0.15, 0.2) is 5.71 Å². The Morgan fingerprint density at radius 3 is 2.01 bits per heavy atom. The predicted octanol–water partition coefficient (Wildman–Crippen LogP) is 10.3. The number of ether oxygens (including phenoxy) is 3. The van der Waals surface area contributed by atoms with E-state index < -0.39 is 41.6 Å². The van der Waals surface area contributed by atoms with Gasteiger partial charge in [-0.15, -0.1) is 0 Å². The second-order valence-electron chi connectivity index (χ2n) is 16.9. The summed E-state index contributed by atoms with van der Waals surface area (Å²) in [5.41, 5.74) is 5.47. The lowest BCUT2D eigenvalue weighted by atomic mass is 9.91. The Morgan fingerprint density at radius 1 is 0.819 bits per heavy atom. The smallest absolute Gasteiger partial charge is 0.416 e. The molecule has 0 fully saturated rings. The van der Waals surface area contributed by atoms with Gasteiger partial charge in [0, 0.05) is 31.0 Å². The van der Waals surface area contributed by atoms with Crippen LogP contribution in [0.4, 0.5) is 28.9 Å². The molecule has 0 saturated carbocycles. The maximum Gasteiger partial charge on any atom is 0.416 e. The van der Waals surface area contributed by atoms with Crippen molar-refractivity contribution in [1.82, 2.24) is 9.78 Å². The Kier molecular flexibility index (Phi) is 22.8. The Morgan fingerprint density at radius 2 is 1.44 bits per heavy atom. The van der Waals surface area contributed by atoms with Crippen LogP contribution >= 0.6 is 0 Å². The average molecular weight is 1010 g/mol. The fourth-order valence-corrected chi connectivity index (χ4v) is 7.57. The number of esters is 2. The molecule has 2 unspecified atom stereocenters. The van der Waals surface area contributed by atoms with Gasteiger partial charge in [0.1, 0.15) is 31.9 Å². The van der Waals surface area contributed by atoms with Crippen LogP contribution in [0.25, 0.3) is 0 Å². The first-order valence-corrected chi connectivity index (χ1v) is 22.7. The Hall–Kier alpha value is -7.41. The standard InChI is InChI=1S/C20H19F3N2O4.C18H24FN3O.C15H21NO4/c1-13(14-8-6-9-16(11-14)20(21,22)23)24-29-12-15-7-4-5-10-17(15)18(25-28-3)19(26)27-2;1-11(2)10-12(3)14-8-6-7-9-15(14)20-18(23)16-13(4)21-22(5)17(16)19;1-10-7-6-8-11(2)14(10)16(13(17)9-19-4)12(3)15(18)20-5/h4-11H,12H2,1-3H3;6-9,11-12H,10H2,1-5H3,(H,20,23);6-8,12H,9H2,1-5H3/b24-13+,25-18+;;. The average Bonchev–Trinajstić information content (AvgIpc) is 3.60. The maximum atomic E-state index is 14.0. The summed E-state index contributed by atoms with van der Waals surface area (Å²) in [4.78, 5) is 60.0. The van der Waals surface area contributed by atoms with Gasteiger partial charge in [-0.05, 0) is 93.3 Å². The Bertz CT molecular complexity index is 2680. The van der Waals surface area contributed by atoms with E-state index in [0.29, 0.717) is 28.7 Å². The summed E-state index contributed by atoms with van der Waals surface area (Å²) in [6, 6.07) is 24.2. The largest absolute Gasteiger partial charge is 0.467 e. The van der Waals surface area contributed by atoms with Gasteiger partial charge < -0.3 is 29.2 Å². The third-order valence-corrected chi connectivity index (χ3v) is 11.0. The molecule has 0 bridgehead atoms. The summed E-state index contributed by atoms with van der Waals surface area (Å²) in [5, 5.41) is 14.4. The van der Waals surface area contributed by atoms with Crippen molar-refractivity contribution in [1.29, 1.82) is 0 Å². The van der Waals surface area contributed by atoms with Gasteiger partial charge in [0.25, 0.3) is 11.8 Å². The molecule has 0 spiro atoms. The molecule has 0 aliphatic carbocycles. The van der Waals surface area contributed by atoms with Gasteiger partial charge >= 0.3 is 18.1 Å². The van der Waals surface area contributed by atoms with Crippen LogP contribution in [0.3, 0.4) is 0 Å². The van der Waals surface area contributed by atoms with Gasteiger partial charge in [-0.25, -0.2) is 14.3 Å². The number of alkyl halides is 3. The van der Waals surface area contributed by atoms with E-state index in [9.17, 15) is 36.7 Å². The zero-order valence-electron chi connectivity index (χ0n) is 42.9. The van der Waals surface area contributed by atoms with Crippen LogP contribution in [-0.4, -0.2) is 86.0 Å². The molecule has 1 heterocycles. The number of aromatic nitrogens is 2. The Balaban J connectivity index is 0.000000291. The number of para-hydroxylation sites is 2. The van der Waals surface area contributed by atoms with Gasteiger partial charge in [-0.2, -0.15) is 22.7 Å². The molecule has 1 N–H and O–H groups in total. The topological polar surface area (TPSA) is 172 Å². The molecule has 0 radical (unpaired) electrons. The van der Waals surface area contributed by atoms with Crippen molar-refractivity contribution < 1.29 is 60.6 Å². The first-order valence-electron chi connectivity index (χ1n) is 22.7. The second-order valence-corrected chi connectivity index (χ2v) is 16.9. The summed E-state index contributed by atoms with van der Waals surface area (Å²) in [6.07, 6.45) is -3.42. The van der Waals surface area contributed by atoms with Gasteiger partial charge in [-0.3, -0.25) is 14.5 Å². The van der Waals surface area contributed by atoms with Crippen LogP contribution in [0, 0.1) is 32.6 Å². The van der Waals surface area contributed by atoms with Crippen molar-refractivity contribution in [2.75, 3.05) is 45.3 Å². The van der Waals surface area contributed by atoms with Crippen LogP contribution < -0.4 is 10.2 Å². The first-order chi connectivity index (χ1) is 34.0. The van der Waals surface area contributed by atoms with Crippen LogP contribution in [0.15, 0.2) is 101 Å². The van der Waals surface area contributed by atoms with Crippen LogP contribution in [-0.2, 0) is 58.1 Å². The number of carbonyl (C=O) groups is 4. The summed E-state index contributed by atoms with van der Waals surface area (Å²) in [7, 11) is 6.75. The van der Waals surface area contributed by atoms with Crippen LogP contribution in [0.1, 0.15) is 102 Å². The minimum Gasteiger partial charge on any atom is -0.467 e. The summed E-state index contributed by atoms with van der Waals surface area (Å²) >= 11 is 0. The lowest BCUT2D eigenvalue weighted by molar-refractivity contribution is -0.143. The highest BCUT2D eigenvalue weighted by Crippen LogP contribution is 2.32. The van der Waals surface area contributed by atoms with E-state index in [1.165, 1.54) is 59.4 Å². The molecule has 0 saturated heterocycles. The number of hydrogen-bond donors (Lipinski definition) is 1. The van der Waals surface area contributed by atoms with Crippen molar-refractivity contribution in [3.8, 4) is 0 Å². The number of oxime groups is 2. The lowest BCUT2D eigenvalue weighted by Crippen LogP contribution is -2.46. The van der Waals surface area contributed by atoms with E-state index >= 15 is 0 Å². The monoisotopic (exact) mass is 1000 g/mol. The van der Waals surface area contributed by atoms with E-state index in [4.69, 9.17) is 23.9 Å². The molecular weight excluding hydrogens is 941 g/mol. The number of anilines is 2. The molecule has 4 aromatic carbocycles. The SMILES string of the molecule is CO/N=C(/C(=O)OC)c1ccccc1CO/N=C(\C)c1cccc(C(F)(F)F)c1.COCC(=O)N(c1c(C)cccc1C)C(C)C(=O)OC.Cc1nn(C)c(F)c1C(=O)Nc1ccccc1C(C)CC(C)C. The number of hydrogen-bond acceptors (Lipinski definition) is 12. The number of methoxy groups -OCH3 is 3. The quantitative estimate of drug-likeness (QED) is 0.0409. The van der Waals surface area contributed by atoms with Crippen molar-refractivity contribution in [2.45, 2.75) is 86.6 Å². The highest BCUT2D eigenvalue weighted by Gasteiger charge is 2.31. The molecule has 72 heavy (non-hydrogen) atoms. The molecular formula is C53H64F4N6O9. The van der Waals surface area contributed by atoms with Crippen molar-refractivity contribution in [3.63, 3.8) is 0 Å². The second kappa shape index (κ2) is 27.8. The Labute approximate surface area is 418 Å². The molecule has 2 atom stereocenters. The first kappa shape index (κ1) is 58.9. The van der Waals surface area contributed by atoms with Crippen molar-refractivity contribution in [3.05, 3.63) is 147 Å². The zero-order chi connectivity index (χ0) is 53.9. The molecule has 388 valence electrons. The molecule has 19 heteroatoms. The maximum absolute atomic E-state index is 14.0. The highest BCUT2D eigenvalue weighted by molar-refractivity contribution is 6.43. The number of carbonyl (C=O) groups excluding carboxylic acids is 4. The number of benzene rings is 4. The highest BCUT2D eigenvalue weighted by atomic mass is 19.4. The molecule has 5 rings (SSSR count). The van der Waals surface area contributed by atoms with E-state index in [1.54, 1.807) is 38.1 Å². The molecule has 1 aromatic heterocycles. The number of rotatable bonds is 17. The summed E-state index contributed by atoms with van der Waals surface area (Å²) in [5.74, 6) is -1.63. The third kappa shape index (κ3) is 16.3. The van der Waals surface area contributed by atoms with Crippen molar-refractivity contribution in [2.24, 2.45) is 23.3 Å². The fourth-order valence-electron chi connectivity index (χ4n) is 7.57. The minimum atomic E-state index is -4.44. The van der Waals surface area contributed by atoms with E-state index in [0.717, 1.165) is 51.3 Å². The molecule has 2 amide bonds. The number of halogens is 4. The summed E-state index contributed by atoms with van der Waals surface area (Å²) < 4.78 is 68.0. The number of aryl methyl sites for hydroxylation is 4. The normalized spacial score (nSPS) is 12.3. The van der Waals surface area contributed by atoms with E-state index in [-0.39, 0.29) is 41.7 Å². The lowest BCUT2D eigenvalue weighted by Gasteiger charge is -2.30. The van der Waals surface area contributed by atoms with Gasteiger partial charge in [-0.1, -0.05) is 104 Å². The van der Waals surface area contributed by atoms with Gasteiger partial charge in [0.05, 0.1) is 36.9 Å². The number of amides is 2. The zero-order valence-corrected chi connectivity index (χ0v) is 42.9. The number of nitrogens with zero attached hydrogens (tertiary/aromatic N) is 5. The molecule has 0 aliphatic rings.